The van der Waals surface area contributed by atoms with E-state index in [0.29, 0.717) is 9.75 Å². The largest absolute Gasteiger partial charge is 0.417 e. The number of hydrogen-bond acceptors (Lipinski definition) is 2. The molecule has 0 atom stereocenters. The molecule has 0 spiro atoms. The van der Waals surface area contributed by atoms with Crippen LogP contribution < -0.4 is 0 Å². The highest BCUT2D eigenvalue weighted by Gasteiger charge is 2.33. The van der Waals surface area contributed by atoms with Crippen molar-refractivity contribution in [2.45, 2.75) is 20.0 Å². The molecule has 1 aromatic heterocycles. The Morgan fingerprint density at radius 2 is 1.75 bits per heavy atom. The summed E-state index contributed by atoms with van der Waals surface area (Å²) in [5.41, 5.74) is -0.557. The minimum atomic E-state index is -4.40. The first kappa shape index (κ1) is 14.8. The lowest BCUT2D eigenvalue weighted by Crippen LogP contribution is -2.06. The van der Waals surface area contributed by atoms with E-state index in [1.807, 2.05) is 0 Å². The number of Topliss-reactive ketones (excluding diaryl/α,β-unsaturated/α-hetero) is 1. The van der Waals surface area contributed by atoms with Crippen molar-refractivity contribution in [3.8, 4) is 10.4 Å². The molecule has 5 heteroatoms. The van der Waals surface area contributed by atoms with E-state index in [0.717, 1.165) is 17.4 Å². The van der Waals surface area contributed by atoms with Crippen LogP contribution in [-0.4, -0.2) is 5.78 Å². The fourth-order valence-corrected chi connectivity index (χ4v) is 2.98. The van der Waals surface area contributed by atoms with Gasteiger partial charge in [-0.2, -0.15) is 13.2 Å². The summed E-state index contributed by atoms with van der Waals surface area (Å²) in [4.78, 5) is 12.8. The van der Waals surface area contributed by atoms with Crippen LogP contribution in [0.3, 0.4) is 0 Å². The van der Waals surface area contributed by atoms with E-state index in [2.05, 4.69) is 0 Å². The van der Waals surface area contributed by atoms with Crippen LogP contribution in [0.2, 0.25) is 0 Å². The van der Waals surface area contributed by atoms with Crippen molar-refractivity contribution in [1.29, 1.82) is 0 Å². The van der Waals surface area contributed by atoms with Gasteiger partial charge >= 0.3 is 6.18 Å². The smallest absolute Gasteiger partial charge is 0.293 e. The maximum atomic E-state index is 13.0. The Balaban J connectivity index is 2.46. The molecule has 2 rings (SSSR count). The molecule has 1 nitrogen and oxygen atoms in total. The van der Waals surface area contributed by atoms with Crippen LogP contribution in [-0.2, 0) is 6.18 Å². The predicted molar refractivity (Wildman–Crippen MR) is 73.9 cm³/mol. The molecular formula is C15H13F3OS. The van der Waals surface area contributed by atoms with E-state index < -0.39 is 11.7 Å². The molecule has 1 heterocycles. The van der Waals surface area contributed by atoms with Crippen molar-refractivity contribution >= 4 is 17.1 Å². The highest BCUT2D eigenvalue weighted by molar-refractivity contribution is 7.17. The van der Waals surface area contributed by atoms with Crippen molar-refractivity contribution < 1.29 is 18.0 Å². The molecule has 0 aliphatic heterocycles. The Labute approximate surface area is 119 Å². The maximum Gasteiger partial charge on any atom is 0.417 e. The number of ketones is 1. The van der Waals surface area contributed by atoms with Crippen molar-refractivity contribution in [1.82, 2.24) is 0 Å². The molecule has 0 amide bonds. The van der Waals surface area contributed by atoms with Crippen LogP contribution in [0, 0.1) is 5.92 Å². The normalized spacial score (nSPS) is 11.9. The van der Waals surface area contributed by atoms with Gasteiger partial charge in [-0.1, -0.05) is 32.0 Å². The Morgan fingerprint density at radius 1 is 1.10 bits per heavy atom. The minimum Gasteiger partial charge on any atom is -0.293 e. The average molecular weight is 298 g/mol. The zero-order valence-electron chi connectivity index (χ0n) is 11.0. The number of rotatable bonds is 3. The zero-order chi connectivity index (χ0) is 14.9. The quantitative estimate of drug-likeness (QED) is 0.705. The Kier molecular flexibility index (Phi) is 3.99. The molecule has 106 valence electrons. The van der Waals surface area contributed by atoms with Crippen LogP contribution in [0.1, 0.15) is 29.1 Å². The molecule has 0 saturated carbocycles. The fraction of sp³-hybridized carbons (Fsp3) is 0.267. The summed E-state index contributed by atoms with van der Waals surface area (Å²) in [6.07, 6.45) is -4.40. The number of carbonyl (C=O) groups is 1. The summed E-state index contributed by atoms with van der Waals surface area (Å²) in [5, 5.41) is 0. The molecular weight excluding hydrogens is 285 g/mol. The predicted octanol–water partition coefficient (Wildman–Crippen LogP) is 5.27. The van der Waals surface area contributed by atoms with Crippen LogP contribution >= 0.6 is 11.3 Å². The summed E-state index contributed by atoms with van der Waals surface area (Å²) >= 11 is 1.10. The Morgan fingerprint density at radius 3 is 2.35 bits per heavy atom. The molecule has 0 aliphatic carbocycles. The second-order valence-electron chi connectivity index (χ2n) is 4.73. The van der Waals surface area contributed by atoms with Gasteiger partial charge in [-0.3, -0.25) is 4.79 Å². The summed E-state index contributed by atoms with van der Waals surface area (Å²) in [5.74, 6) is -0.218. The van der Waals surface area contributed by atoms with Crippen molar-refractivity contribution in [2.75, 3.05) is 0 Å². The third-order valence-electron chi connectivity index (χ3n) is 2.87. The molecule has 1 aromatic carbocycles. The molecule has 0 saturated heterocycles. The van der Waals surface area contributed by atoms with Crippen molar-refractivity contribution in [3.63, 3.8) is 0 Å². The van der Waals surface area contributed by atoms with Crippen molar-refractivity contribution in [3.05, 3.63) is 46.8 Å². The van der Waals surface area contributed by atoms with E-state index >= 15 is 0 Å². The number of benzene rings is 1. The molecule has 20 heavy (non-hydrogen) atoms. The summed E-state index contributed by atoms with van der Waals surface area (Å²) in [7, 11) is 0. The first-order valence-corrected chi connectivity index (χ1v) is 6.93. The SMILES string of the molecule is CC(C)C(=O)c1ccc(-c2ccccc2C(F)(F)F)s1. The molecule has 0 aliphatic rings. The van der Waals surface area contributed by atoms with E-state index in [-0.39, 0.29) is 17.3 Å². The first-order valence-electron chi connectivity index (χ1n) is 6.11. The molecule has 0 N–H and O–H groups in total. The topological polar surface area (TPSA) is 17.1 Å². The highest BCUT2D eigenvalue weighted by atomic mass is 32.1. The fourth-order valence-electron chi connectivity index (χ4n) is 1.84. The number of hydrogen-bond donors (Lipinski definition) is 0. The lowest BCUT2D eigenvalue weighted by molar-refractivity contribution is -0.137. The van der Waals surface area contributed by atoms with Gasteiger partial charge in [-0.15, -0.1) is 11.3 Å². The number of carbonyl (C=O) groups excluding carboxylic acids is 1. The molecule has 0 unspecified atom stereocenters. The van der Waals surface area contributed by atoms with Gasteiger partial charge in [0.05, 0.1) is 10.4 Å². The summed E-state index contributed by atoms with van der Waals surface area (Å²) < 4.78 is 38.9. The van der Waals surface area contributed by atoms with E-state index in [4.69, 9.17) is 0 Å². The van der Waals surface area contributed by atoms with Crippen LogP contribution in [0.5, 0.6) is 0 Å². The van der Waals surface area contributed by atoms with Crippen molar-refractivity contribution in [2.24, 2.45) is 5.92 Å². The van der Waals surface area contributed by atoms with Gasteiger partial charge in [0.25, 0.3) is 0 Å². The van der Waals surface area contributed by atoms with E-state index in [9.17, 15) is 18.0 Å². The van der Waals surface area contributed by atoms with E-state index in [1.54, 1.807) is 32.0 Å². The molecule has 0 radical (unpaired) electrons. The van der Waals surface area contributed by atoms with Gasteiger partial charge in [0, 0.05) is 16.4 Å². The Hall–Kier alpha value is -1.62. The second-order valence-corrected chi connectivity index (χ2v) is 5.81. The Bertz CT molecular complexity index is 626. The lowest BCUT2D eigenvalue weighted by atomic mass is 10.1. The minimum absolute atomic E-state index is 0.0502. The molecule has 2 aromatic rings. The summed E-state index contributed by atoms with van der Waals surface area (Å²) in [6.45, 7) is 3.54. The number of thiophene rings is 1. The summed E-state index contributed by atoms with van der Waals surface area (Å²) in [6, 6.07) is 8.58. The van der Waals surface area contributed by atoms with Gasteiger partial charge in [0.1, 0.15) is 0 Å². The third-order valence-corrected chi connectivity index (χ3v) is 4.00. The average Bonchev–Trinajstić information content (AvgIpc) is 2.86. The molecule has 0 fully saturated rings. The molecule has 0 bridgehead atoms. The standard InChI is InChI=1S/C15H13F3OS/c1-9(2)14(19)13-8-7-12(20-13)10-5-3-4-6-11(10)15(16,17)18/h3-9H,1-2H3. The number of halogens is 3. The first-order chi connectivity index (χ1) is 9.30. The monoisotopic (exact) mass is 298 g/mol. The van der Waals surface area contributed by atoms with Crippen LogP contribution in [0.25, 0.3) is 10.4 Å². The third kappa shape index (κ3) is 2.93. The lowest BCUT2D eigenvalue weighted by Gasteiger charge is -2.11. The second kappa shape index (κ2) is 5.40. The number of alkyl halides is 3. The maximum absolute atomic E-state index is 13.0. The van der Waals surface area contributed by atoms with Gasteiger partial charge in [0.15, 0.2) is 5.78 Å². The highest BCUT2D eigenvalue weighted by Crippen LogP contribution is 2.39. The zero-order valence-corrected chi connectivity index (χ0v) is 11.8. The van der Waals surface area contributed by atoms with Crippen LogP contribution in [0.4, 0.5) is 13.2 Å². The van der Waals surface area contributed by atoms with Gasteiger partial charge in [0.2, 0.25) is 0 Å². The van der Waals surface area contributed by atoms with Crippen LogP contribution in [0.15, 0.2) is 36.4 Å². The van der Waals surface area contributed by atoms with Gasteiger partial charge < -0.3 is 0 Å². The van der Waals surface area contributed by atoms with Gasteiger partial charge in [-0.05, 0) is 18.2 Å². The van der Waals surface area contributed by atoms with Gasteiger partial charge in [-0.25, -0.2) is 0 Å². The van der Waals surface area contributed by atoms with E-state index in [1.165, 1.54) is 12.1 Å².